The summed E-state index contributed by atoms with van der Waals surface area (Å²) in [4.78, 5) is 8.35. The summed E-state index contributed by atoms with van der Waals surface area (Å²) in [5, 5.41) is 0. The van der Waals surface area contributed by atoms with Gasteiger partial charge in [0.2, 0.25) is 0 Å². The van der Waals surface area contributed by atoms with E-state index >= 15 is 0 Å². The summed E-state index contributed by atoms with van der Waals surface area (Å²) in [5.74, 6) is 0.103. The van der Waals surface area contributed by atoms with Gasteiger partial charge in [-0.05, 0) is 17.7 Å². The van der Waals surface area contributed by atoms with Gasteiger partial charge < -0.3 is 10.3 Å². The predicted molar refractivity (Wildman–Crippen MR) is 87.3 cm³/mol. The van der Waals surface area contributed by atoms with Gasteiger partial charge in [0.1, 0.15) is 18.0 Å². The summed E-state index contributed by atoms with van der Waals surface area (Å²) in [7, 11) is 0. The van der Waals surface area contributed by atoms with Gasteiger partial charge in [0.25, 0.3) is 0 Å². The molecule has 0 spiro atoms. The average molecular weight is 345 g/mol. The molecule has 3 rings (SSSR count). The van der Waals surface area contributed by atoms with Crippen molar-refractivity contribution in [1.29, 1.82) is 0 Å². The SMILES string of the molecule is NCc1ccc(-c2cncn2-c2ccc(CS(=O)[O-])cn2)cc1F. The first-order valence-corrected chi connectivity index (χ1v) is 8.35. The molecule has 0 fully saturated rings. The molecule has 0 aliphatic carbocycles. The van der Waals surface area contributed by atoms with Crippen LogP contribution in [0.1, 0.15) is 11.1 Å². The molecular weight excluding hydrogens is 331 g/mol. The second kappa shape index (κ2) is 7.00. The van der Waals surface area contributed by atoms with Gasteiger partial charge in [0.15, 0.2) is 0 Å². The summed E-state index contributed by atoms with van der Waals surface area (Å²) >= 11 is -2.16. The third-order valence-electron chi connectivity index (χ3n) is 3.55. The van der Waals surface area contributed by atoms with Crippen LogP contribution >= 0.6 is 0 Å². The highest BCUT2D eigenvalue weighted by molar-refractivity contribution is 7.78. The number of hydrogen-bond acceptors (Lipinski definition) is 5. The van der Waals surface area contributed by atoms with E-state index in [1.807, 2.05) is 0 Å². The van der Waals surface area contributed by atoms with Gasteiger partial charge in [-0.3, -0.25) is 8.78 Å². The van der Waals surface area contributed by atoms with Crippen molar-refractivity contribution in [2.24, 2.45) is 5.73 Å². The van der Waals surface area contributed by atoms with Crippen LogP contribution in [0.25, 0.3) is 17.1 Å². The molecule has 0 aliphatic rings. The van der Waals surface area contributed by atoms with Gasteiger partial charge in [-0.15, -0.1) is 0 Å². The zero-order valence-electron chi connectivity index (χ0n) is 12.6. The molecule has 2 aromatic heterocycles. The van der Waals surface area contributed by atoms with Crippen molar-refractivity contribution in [3.63, 3.8) is 0 Å². The van der Waals surface area contributed by atoms with Crippen LogP contribution in [-0.2, 0) is 23.4 Å². The first-order chi connectivity index (χ1) is 11.6. The largest absolute Gasteiger partial charge is 0.772 e. The summed E-state index contributed by atoms with van der Waals surface area (Å²) in [6.07, 6.45) is 4.67. The second-order valence-electron chi connectivity index (χ2n) is 5.13. The molecule has 6 nitrogen and oxygen atoms in total. The summed E-state index contributed by atoms with van der Waals surface area (Å²) < 4.78 is 37.1. The maximum Gasteiger partial charge on any atom is 0.138 e. The number of halogens is 1. The fraction of sp³-hybridized carbons (Fsp3) is 0.125. The molecule has 3 aromatic rings. The highest BCUT2D eigenvalue weighted by Gasteiger charge is 2.10. The Morgan fingerprint density at radius 2 is 2.08 bits per heavy atom. The lowest BCUT2D eigenvalue weighted by atomic mass is 10.1. The number of pyridine rings is 1. The molecule has 8 heteroatoms. The Hall–Kier alpha value is -2.42. The molecular formula is C16H14FN4O2S-. The molecule has 24 heavy (non-hydrogen) atoms. The fourth-order valence-electron chi connectivity index (χ4n) is 2.34. The zero-order valence-corrected chi connectivity index (χ0v) is 13.4. The molecule has 0 bridgehead atoms. The van der Waals surface area contributed by atoms with Gasteiger partial charge in [-0.2, -0.15) is 0 Å². The minimum absolute atomic E-state index is 0.0875. The summed E-state index contributed by atoms with van der Waals surface area (Å²) in [5.41, 5.74) is 7.83. The Balaban J connectivity index is 1.95. The normalized spacial score (nSPS) is 12.3. The van der Waals surface area contributed by atoms with Gasteiger partial charge in [0.05, 0.1) is 11.9 Å². The lowest BCUT2D eigenvalue weighted by Crippen LogP contribution is -2.02. The van der Waals surface area contributed by atoms with E-state index in [-0.39, 0.29) is 18.1 Å². The van der Waals surface area contributed by atoms with Crippen molar-refractivity contribution in [3.05, 3.63) is 66.0 Å². The number of nitrogens with zero attached hydrogens (tertiary/aromatic N) is 3. The number of benzene rings is 1. The Labute approximate surface area is 140 Å². The number of rotatable bonds is 5. The van der Waals surface area contributed by atoms with E-state index in [0.29, 0.717) is 28.2 Å². The quantitative estimate of drug-likeness (QED) is 0.713. The Morgan fingerprint density at radius 3 is 2.71 bits per heavy atom. The molecule has 2 N–H and O–H groups in total. The van der Waals surface area contributed by atoms with E-state index in [1.165, 1.54) is 12.3 Å². The van der Waals surface area contributed by atoms with Crippen LogP contribution in [0.4, 0.5) is 4.39 Å². The maximum atomic E-state index is 14.0. The first-order valence-electron chi connectivity index (χ1n) is 7.11. The second-order valence-corrected chi connectivity index (χ2v) is 6.03. The minimum Gasteiger partial charge on any atom is -0.772 e. The molecule has 124 valence electrons. The van der Waals surface area contributed by atoms with E-state index in [4.69, 9.17) is 5.73 Å². The van der Waals surface area contributed by atoms with Crippen LogP contribution in [0.2, 0.25) is 0 Å². The third-order valence-corrected chi connectivity index (χ3v) is 4.12. The van der Waals surface area contributed by atoms with Crippen LogP contribution < -0.4 is 5.73 Å². The lowest BCUT2D eigenvalue weighted by molar-refractivity contribution is 0.536. The Bertz CT molecular complexity index is 880. The average Bonchev–Trinajstić information content (AvgIpc) is 3.04. The highest BCUT2D eigenvalue weighted by atomic mass is 32.2. The van der Waals surface area contributed by atoms with Crippen molar-refractivity contribution in [2.45, 2.75) is 12.3 Å². The molecule has 1 unspecified atom stereocenters. The topological polar surface area (TPSA) is 96.9 Å². The fourth-order valence-corrected chi connectivity index (χ4v) is 2.79. The number of imidazole rings is 1. The van der Waals surface area contributed by atoms with Gasteiger partial charge in [-0.25, -0.2) is 14.4 Å². The highest BCUT2D eigenvalue weighted by Crippen LogP contribution is 2.24. The van der Waals surface area contributed by atoms with Crippen molar-refractivity contribution < 1.29 is 13.2 Å². The maximum absolute atomic E-state index is 14.0. The van der Waals surface area contributed by atoms with E-state index in [1.54, 1.807) is 41.4 Å². The van der Waals surface area contributed by atoms with E-state index in [2.05, 4.69) is 9.97 Å². The van der Waals surface area contributed by atoms with Crippen LogP contribution in [0.5, 0.6) is 0 Å². The Kier molecular flexibility index (Phi) is 4.79. The van der Waals surface area contributed by atoms with E-state index < -0.39 is 11.1 Å². The molecule has 1 aromatic carbocycles. The molecule has 0 saturated heterocycles. The van der Waals surface area contributed by atoms with Gasteiger partial charge in [0, 0.05) is 29.6 Å². The van der Waals surface area contributed by atoms with Gasteiger partial charge in [-0.1, -0.05) is 29.3 Å². The van der Waals surface area contributed by atoms with Crippen molar-refractivity contribution in [3.8, 4) is 17.1 Å². The van der Waals surface area contributed by atoms with E-state index in [0.717, 1.165) is 0 Å². The zero-order chi connectivity index (χ0) is 17.1. The van der Waals surface area contributed by atoms with Crippen LogP contribution in [0.15, 0.2) is 49.1 Å². The predicted octanol–water partition coefficient (Wildman–Crippen LogP) is 1.91. The molecule has 0 radical (unpaired) electrons. The summed E-state index contributed by atoms with van der Waals surface area (Å²) in [6.45, 7) is 0.134. The molecule has 0 amide bonds. The first kappa shape index (κ1) is 16.4. The number of hydrogen-bond donors (Lipinski definition) is 1. The lowest BCUT2D eigenvalue weighted by Gasteiger charge is -2.10. The van der Waals surface area contributed by atoms with Gasteiger partial charge >= 0.3 is 0 Å². The molecule has 1 atom stereocenters. The summed E-state index contributed by atoms with van der Waals surface area (Å²) in [6, 6.07) is 8.19. The standard InChI is InChI=1S/C16H15FN4O2S/c17-14-5-12(2-3-13(14)6-18)15-8-19-10-21(15)16-4-1-11(7-20-16)9-24(22)23/h1-5,7-8,10H,6,9,18H2,(H,22,23)/p-1. The minimum atomic E-state index is -2.16. The smallest absolute Gasteiger partial charge is 0.138 e. The van der Waals surface area contributed by atoms with Crippen molar-refractivity contribution in [2.75, 3.05) is 0 Å². The molecule has 2 heterocycles. The third kappa shape index (κ3) is 3.40. The van der Waals surface area contributed by atoms with Crippen molar-refractivity contribution in [1.82, 2.24) is 14.5 Å². The molecule has 0 saturated carbocycles. The molecule has 0 aliphatic heterocycles. The van der Waals surface area contributed by atoms with E-state index in [9.17, 15) is 13.2 Å². The van der Waals surface area contributed by atoms with Crippen LogP contribution in [0, 0.1) is 5.82 Å². The van der Waals surface area contributed by atoms with Crippen molar-refractivity contribution >= 4 is 11.1 Å². The number of nitrogens with two attached hydrogens (primary N) is 1. The van der Waals surface area contributed by atoms with Crippen LogP contribution in [0.3, 0.4) is 0 Å². The van der Waals surface area contributed by atoms with Crippen LogP contribution in [-0.4, -0.2) is 23.3 Å². The monoisotopic (exact) mass is 345 g/mol. The number of aromatic nitrogens is 3. The Morgan fingerprint density at radius 1 is 1.25 bits per heavy atom.